The Morgan fingerprint density at radius 2 is 1.82 bits per heavy atom. The van der Waals surface area contributed by atoms with Crippen LogP contribution in [-0.2, 0) is 16.0 Å². The first-order chi connectivity index (χ1) is 13.3. The van der Waals surface area contributed by atoms with Gasteiger partial charge in [0.25, 0.3) is 5.56 Å². The number of pyridine rings is 1. The molecule has 0 fully saturated rings. The molecule has 2 aromatic carbocycles. The number of amides is 2. The summed E-state index contributed by atoms with van der Waals surface area (Å²) in [5, 5.41) is 3.92. The fourth-order valence-electron chi connectivity index (χ4n) is 3.14. The molecule has 6 heteroatoms. The number of fused-ring (bicyclic) bond motifs is 1. The average molecular weight is 377 g/mol. The van der Waals surface area contributed by atoms with Crippen molar-refractivity contribution in [2.75, 3.05) is 5.32 Å². The minimum absolute atomic E-state index is 0.162. The van der Waals surface area contributed by atoms with E-state index in [0.717, 1.165) is 11.1 Å². The third kappa shape index (κ3) is 3.81. The number of carbonyl (C=O) groups excluding carboxylic acids is 2. The smallest absolute Gasteiger partial charge is 0.259 e. The maximum Gasteiger partial charge on any atom is 0.259 e. The summed E-state index contributed by atoms with van der Waals surface area (Å²) in [5.74, 6) is -0.746. The van der Waals surface area contributed by atoms with E-state index in [-0.39, 0.29) is 17.9 Å². The lowest BCUT2D eigenvalue weighted by atomic mass is 10.0. The van der Waals surface area contributed by atoms with Gasteiger partial charge in [-0.05, 0) is 55.7 Å². The lowest BCUT2D eigenvalue weighted by molar-refractivity contribution is -0.120. The Kier molecular flexibility index (Phi) is 5.31. The van der Waals surface area contributed by atoms with Gasteiger partial charge in [0, 0.05) is 22.7 Å². The van der Waals surface area contributed by atoms with Gasteiger partial charge in [0.15, 0.2) is 0 Å². The van der Waals surface area contributed by atoms with Crippen molar-refractivity contribution in [1.82, 2.24) is 4.57 Å². The third-order valence-corrected chi connectivity index (χ3v) is 5.01. The number of aryl methyl sites for hydroxylation is 2. The first-order valence-corrected chi connectivity index (χ1v) is 9.07. The Morgan fingerprint density at radius 1 is 1.07 bits per heavy atom. The van der Waals surface area contributed by atoms with Gasteiger partial charge in [-0.25, -0.2) is 0 Å². The summed E-state index contributed by atoms with van der Waals surface area (Å²) < 4.78 is 1.30. The highest BCUT2D eigenvalue weighted by atomic mass is 16.2. The summed E-state index contributed by atoms with van der Waals surface area (Å²) in [6, 6.07) is 12.0. The standard InChI is InChI=1S/C22H23N3O3/c1-13-7-8-16(11-14(13)2)12-20(26)24-19-6-4-5-18-17(19)9-10-25(22(18)28)15(3)21(23)27/h4-11,15H,12H2,1-3H3,(H2,23,27)(H,24,26)/t15-/m0/s1. The van der Waals surface area contributed by atoms with Crippen molar-refractivity contribution in [2.24, 2.45) is 5.73 Å². The van der Waals surface area contributed by atoms with Gasteiger partial charge < -0.3 is 15.6 Å². The number of nitrogens with one attached hydrogen (secondary N) is 1. The van der Waals surface area contributed by atoms with Gasteiger partial charge in [0.1, 0.15) is 6.04 Å². The van der Waals surface area contributed by atoms with E-state index in [1.54, 1.807) is 31.2 Å². The van der Waals surface area contributed by atoms with Gasteiger partial charge >= 0.3 is 0 Å². The second-order valence-corrected chi connectivity index (χ2v) is 7.02. The summed E-state index contributed by atoms with van der Waals surface area (Å²) in [7, 11) is 0. The molecule has 0 saturated heterocycles. The van der Waals surface area contributed by atoms with Crippen LogP contribution in [0.5, 0.6) is 0 Å². The Balaban J connectivity index is 1.90. The Labute approximate surface area is 163 Å². The molecule has 0 saturated carbocycles. The van der Waals surface area contributed by atoms with Crippen molar-refractivity contribution in [3.63, 3.8) is 0 Å². The normalized spacial score (nSPS) is 12.0. The second kappa shape index (κ2) is 7.68. The molecule has 3 aromatic rings. The highest BCUT2D eigenvalue weighted by Crippen LogP contribution is 2.22. The minimum atomic E-state index is -0.750. The number of anilines is 1. The van der Waals surface area contributed by atoms with E-state index in [1.165, 1.54) is 16.3 Å². The van der Waals surface area contributed by atoms with Gasteiger partial charge in [-0.3, -0.25) is 14.4 Å². The molecule has 3 rings (SSSR count). The Bertz CT molecular complexity index is 1130. The van der Waals surface area contributed by atoms with Crippen molar-refractivity contribution < 1.29 is 9.59 Å². The average Bonchev–Trinajstić information content (AvgIpc) is 2.65. The summed E-state index contributed by atoms with van der Waals surface area (Å²) in [5.41, 5.74) is 8.79. The summed E-state index contributed by atoms with van der Waals surface area (Å²) in [6.45, 7) is 5.62. The molecule has 1 atom stereocenters. The van der Waals surface area contributed by atoms with Crippen molar-refractivity contribution in [3.8, 4) is 0 Å². The molecule has 0 spiro atoms. The first kappa shape index (κ1) is 19.4. The lowest BCUT2D eigenvalue weighted by Gasteiger charge is -2.14. The number of rotatable bonds is 5. The topological polar surface area (TPSA) is 94.2 Å². The molecular weight excluding hydrogens is 354 g/mol. The van der Waals surface area contributed by atoms with E-state index in [4.69, 9.17) is 5.73 Å². The van der Waals surface area contributed by atoms with E-state index in [1.807, 2.05) is 32.0 Å². The molecule has 144 valence electrons. The van der Waals surface area contributed by atoms with Crippen LogP contribution in [0.2, 0.25) is 0 Å². The zero-order valence-corrected chi connectivity index (χ0v) is 16.2. The van der Waals surface area contributed by atoms with Crippen LogP contribution in [0.4, 0.5) is 5.69 Å². The van der Waals surface area contributed by atoms with Gasteiger partial charge in [0.2, 0.25) is 11.8 Å². The van der Waals surface area contributed by atoms with Crippen LogP contribution < -0.4 is 16.6 Å². The zero-order valence-electron chi connectivity index (χ0n) is 16.2. The van der Waals surface area contributed by atoms with E-state index < -0.39 is 11.9 Å². The number of nitrogens with two attached hydrogens (primary N) is 1. The van der Waals surface area contributed by atoms with E-state index in [9.17, 15) is 14.4 Å². The number of nitrogens with zero attached hydrogens (tertiary/aromatic N) is 1. The van der Waals surface area contributed by atoms with Crippen molar-refractivity contribution in [3.05, 3.63) is 75.7 Å². The molecular formula is C22H23N3O3. The van der Waals surface area contributed by atoms with Crippen LogP contribution >= 0.6 is 0 Å². The van der Waals surface area contributed by atoms with E-state index >= 15 is 0 Å². The number of primary amides is 1. The Morgan fingerprint density at radius 3 is 2.50 bits per heavy atom. The maximum atomic E-state index is 12.7. The van der Waals surface area contributed by atoms with Gasteiger partial charge in [-0.15, -0.1) is 0 Å². The number of carbonyl (C=O) groups is 2. The third-order valence-electron chi connectivity index (χ3n) is 5.01. The van der Waals surface area contributed by atoms with Crippen LogP contribution in [0.3, 0.4) is 0 Å². The molecule has 3 N–H and O–H groups in total. The fraction of sp³-hybridized carbons (Fsp3) is 0.227. The van der Waals surface area contributed by atoms with Gasteiger partial charge in [-0.1, -0.05) is 24.3 Å². The Hall–Kier alpha value is -3.41. The van der Waals surface area contributed by atoms with Crippen LogP contribution in [0.15, 0.2) is 53.5 Å². The second-order valence-electron chi connectivity index (χ2n) is 7.02. The monoisotopic (exact) mass is 377 g/mol. The van der Waals surface area contributed by atoms with Crippen LogP contribution in [-0.4, -0.2) is 16.4 Å². The molecule has 0 aliphatic heterocycles. The molecule has 6 nitrogen and oxygen atoms in total. The van der Waals surface area contributed by atoms with Crippen molar-refractivity contribution >= 4 is 28.3 Å². The summed E-state index contributed by atoms with van der Waals surface area (Å²) >= 11 is 0. The lowest BCUT2D eigenvalue weighted by Crippen LogP contribution is -2.31. The quantitative estimate of drug-likeness (QED) is 0.716. The predicted octanol–water partition coefficient (Wildman–Crippen LogP) is 2.85. The summed E-state index contributed by atoms with van der Waals surface area (Å²) in [4.78, 5) is 36.7. The number of hydrogen-bond donors (Lipinski definition) is 2. The van der Waals surface area contributed by atoms with Crippen LogP contribution in [0.1, 0.15) is 29.7 Å². The fourth-order valence-corrected chi connectivity index (χ4v) is 3.14. The minimum Gasteiger partial charge on any atom is -0.368 e. The number of aromatic nitrogens is 1. The number of hydrogen-bond acceptors (Lipinski definition) is 3. The molecule has 0 unspecified atom stereocenters. The molecule has 0 aliphatic rings. The number of benzene rings is 2. The molecule has 1 heterocycles. The first-order valence-electron chi connectivity index (χ1n) is 9.07. The molecule has 0 bridgehead atoms. The molecule has 2 amide bonds. The predicted molar refractivity (Wildman–Crippen MR) is 110 cm³/mol. The largest absolute Gasteiger partial charge is 0.368 e. The highest BCUT2D eigenvalue weighted by molar-refractivity contribution is 6.02. The molecule has 1 aromatic heterocycles. The zero-order chi connectivity index (χ0) is 20.4. The molecule has 0 radical (unpaired) electrons. The van der Waals surface area contributed by atoms with Crippen molar-refractivity contribution in [1.29, 1.82) is 0 Å². The summed E-state index contributed by atoms with van der Waals surface area (Å²) in [6.07, 6.45) is 1.77. The van der Waals surface area contributed by atoms with Gasteiger partial charge in [-0.2, -0.15) is 0 Å². The van der Waals surface area contributed by atoms with Crippen LogP contribution in [0, 0.1) is 13.8 Å². The maximum absolute atomic E-state index is 12.7. The van der Waals surface area contributed by atoms with E-state index in [0.29, 0.717) is 16.5 Å². The van der Waals surface area contributed by atoms with E-state index in [2.05, 4.69) is 5.32 Å². The van der Waals surface area contributed by atoms with Crippen LogP contribution in [0.25, 0.3) is 10.8 Å². The van der Waals surface area contributed by atoms with Crippen molar-refractivity contribution in [2.45, 2.75) is 33.2 Å². The highest BCUT2D eigenvalue weighted by Gasteiger charge is 2.15. The van der Waals surface area contributed by atoms with Gasteiger partial charge in [0.05, 0.1) is 6.42 Å². The SMILES string of the molecule is Cc1ccc(CC(=O)Nc2cccc3c(=O)n([C@@H](C)C(N)=O)ccc23)cc1C. The molecule has 28 heavy (non-hydrogen) atoms. The molecule has 0 aliphatic carbocycles.